The Morgan fingerprint density at radius 2 is 2.06 bits per heavy atom. The number of rotatable bonds is 4. The molecule has 4 atom stereocenters. The number of nitriles is 1. The molecule has 1 amide bonds. The lowest BCUT2D eigenvalue weighted by molar-refractivity contribution is 0.0564. The third-order valence-corrected chi connectivity index (χ3v) is 6.53. The van der Waals surface area contributed by atoms with Gasteiger partial charge in [0.25, 0.3) is 5.91 Å². The van der Waals surface area contributed by atoms with E-state index in [0.717, 1.165) is 18.4 Å². The summed E-state index contributed by atoms with van der Waals surface area (Å²) in [4.78, 5) is 17.4. The van der Waals surface area contributed by atoms with Crippen LogP contribution in [0.2, 0.25) is 0 Å². The number of halogens is 2. The lowest BCUT2D eigenvalue weighted by atomic mass is 9.77. The Bertz CT molecular complexity index is 1050. The van der Waals surface area contributed by atoms with Gasteiger partial charge in [-0.05, 0) is 57.1 Å². The average molecular weight is 429 g/mol. The van der Waals surface area contributed by atoms with Crippen LogP contribution in [0.25, 0.3) is 0 Å². The van der Waals surface area contributed by atoms with Gasteiger partial charge in [-0.25, -0.2) is 15.1 Å². The summed E-state index contributed by atoms with van der Waals surface area (Å²) in [6.45, 7) is 2.68. The molecule has 4 rings (SSSR count). The summed E-state index contributed by atoms with van der Waals surface area (Å²) < 4.78 is 26.4. The number of nitrogens with zero attached hydrogens (tertiary/aromatic N) is 4. The molecule has 3 heterocycles. The molecule has 4 unspecified atom stereocenters. The Morgan fingerprint density at radius 3 is 2.74 bits per heavy atom. The fourth-order valence-corrected chi connectivity index (χ4v) is 4.72. The highest BCUT2D eigenvalue weighted by Crippen LogP contribution is 2.38. The smallest absolute Gasteiger partial charge is 0.333 e. The maximum atomic E-state index is 13.0. The van der Waals surface area contributed by atoms with E-state index in [2.05, 4.69) is 32.3 Å². The average Bonchev–Trinajstić information content (AvgIpc) is 3.37. The lowest BCUT2D eigenvalue weighted by Crippen LogP contribution is -2.44. The van der Waals surface area contributed by atoms with Gasteiger partial charge in [-0.2, -0.15) is 19.1 Å². The minimum atomic E-state index is -2.67. The van der Waals surface area contributed by atoms with Crippen molar-refractivity contribution < 1.29 is 13.6 Å². The number of pyridine rings is 1. The first-order chi connectivity index (χ1) is 14.8. The van der Waals surface area contributed by atoms with Crippen molar-refractivity contribution in [1.29, 1.82) is 5.26 Å². The number of hydrazine groups is 1. The maximum absolute atomic E-state index is 13.0. The molecule has 1 saturated carbocycles. The van der Waals surface area contributed by atoms with Crippen molar-refractivity contribution in [3.63, 3.8) is 0 Å². The maximum Gasteiger partial charge on any atom is 0.333 e. The quantitative estimate of drug-likeness (QED) is 0.690. The van der Waals surface area contributed by atoms with Crippen LogP contribution in [0.15, 0.2) is 12.4 Å². The highest BCUT2D eigenvalue weighted by atomic mass is 19.3. The number of aryl methyl sites for hydroxylation is 1. The third-order valence-electron chi connectivity index (χ3n) is 6.53. The van der Waals surface area contributed by atoms with Crippen molar-refractivity contribution >= 4 is 5.91 Å². The highest BCUT2D eigenvalue weighted by molar-refractivity contribution is 5.94. The SMILES string of the molecule is Cc1nc(C(=O)NC2CCC3NNC(c4cnn(C(F)F)c4)C3C2)c(C)c(C)c1C#N. The first-order valence-corrected chi connectivity index (χ1v) is 10.3. The number of fused-ring (bicyclic) bond motifs is 1. The van der Waals surface area contributed by atoms with E-state index in [1.54, 1.807) is 13.8 Å². The van der Waals surface area contributed by atoms with Crippen LogP contribution in [0.4, 0.5) is 8.78 Å². The molecule has 2 aliphatic rings. The molecule has 164 valence electrons. The first kappa shape index (κ1) is 21.3. The summed E-state index contributed by atoms with van der Waals surface area (Å²) >= 11 is 0. The number of carbonyl (C=O) groups excluding carboxylic acids is 1. The van der Waals surface area contributed by atoms with E-state index < -0.39 is 6.55 Å². The number of carbonyl (C=O) groups is 1. The largest absolute Gasteiger partial charge is 0.348 e. The van der Waals surface area contributed by atoms with Gasteiger partial charge in [-0.15, -0.1) is 0 Å². The van der Waals surface area contributed by atoms with Gasteiger partial charge < -0.3 is 5.32 Å². The number of hydrogen-bond donors (Lipinski definition) is 3. The molecule has 2 aromatic rings. The summed E-state index contributed by atoms with van der Waals surface area (Å²) in [7, 11) is 0. The minimum Gasteiger partial charge on any atom is -0.348 e. The normalized spacial score (nSPS) is 25.3. The Balaban J connectivity index is 1.48. The van der Waals surface area contributed by atoms with Gasteiger partial charge in [-0.3, -0.25) is 10.2 Å². The van der Waals surface area contributed by atoms with Crippen molar-refractivity contribution in [2.75, 3.05) is 0 Å². The first-order valence-electron chi connectivity index (χ1n) is 10.3. The van der Waals surface area contributed by atoms with Gasteiger partial charge in [0.05, 0.1) is 23.5 Å². The van der Waals surface area contributed by atoms with Crippen molar-refractivity contribution in [2.45, 2.75) is 64.7 Å². The fraction of sp³-hybridized carbons (Fsp3) is 0.524. The van der Waals surface area contributed by atoms with Gasteiger partial charge >= 0.3 is 6.55 Å². The molecule has 2 fully saturated rings. The zero-order chi connectivity index (χ0) is 22.3. The highest BCUT2D eigenvalue weighted by Gasteiger charge is 2.42. The van der Waals surface area contributed by atoms with Gasteiger partial charge in [0.1, 0.15) is 11.8 Å². The number of hydrogen-bond acceptors (Lipinski definition) is 6. The second kappa shape index (κ2) is 8.32. The molecule has 1 aliphatic carbocycles. The molecule has 1 saturated heterocycles. The van der Waals surface area contributed by atoms with Crippen molar-refractivity contribution in [2.24, 2.45) is 5.92 Å². The summed E-state index contributed by atoms with van der Waals surface area (Å²) in [5, 5.41) is 16.1. The van der Waals surface area contributed by atoms with Crippen molar-refractivity contribution in [3.05, 3.63) is 46.0 Å². The predicted octanol–water partition coefficient (Wildman–Crippen LogP) is 2.59. The third kappa shape index (κ3) is 3.91. The van der Waals surface area contributed by atoms with E-state index in [0.29, 0.717) is 39.2 Å². The van der Waals surface area contributed by atoms with Crippen molar-refractivity contribution in [3.8, 4) is 6.07 Å². The van der Waals surface area contributed by atoms with E-state index >= 15 is 0 Å². The second-order valence-electron chi connectivity index (χ2n) is 8.33. The Hall–Kier alpha value is -2.90. The van der Waals surface area contributed by atoms with Crippen LogP contribution in [-0.4, -0.2) is 32.8 Å². The molecule has 0 radical (unpaired) electrons. The molecule has 0 bridgehead atoms. The van der Waals surface area contributed by atoms with Crippen LogP contribution in [0.1, 0.15) is 70.3 Å². The van der Waals surface area contributed by atoms with Crippen LogP contribution < -0.4 is 16.2 Å². The molecule has 10 heteroatoms. The van der Waals surface area contributed by atoms with E-state index in [1.165, 1.54) is 12.4 Å². The van der Waals surface area contributed by atoms with E-state index in [9.17, 15) is 18.8 Å². The molecule has 3 N–H and O–H groups in total. The van der Waals surface area contributed by atoms with Gasteiger partial charge in [0.2, 0.25) is 0 Å². The topological polar surface area (TPSA) is 108 Å². The number of aromatic nitrogens is 3. The standard InChI is InChI=1S/C21H25F2N7O/c1-10-11(2)18(26-12(3)16(10)7-24)20(31)27-14-4-5-17-15(6-14)19(29-28-17)13-8-25-30(9-13)21(22)23/h8-9,14-15,17,19,21,28-29H,4-6H2,1-3H3,(H,27,31). The Kier molecular flexibility index (Phi) is 5.73. The molecular weight excluding hydrogens is 404 g/mol. The summed E-state index contributed by atoms with van der Waals surface area (Å²) in [5.74, 6) is -0.120. The second-order valence-corrected chi connectivity index (χ2v) is 8.33. The van der Waals surface area contributed by atoms with Gasteiger partial charge in [-0.1, -0.05) is 0 Å². The number of alkyl halides is 2. The number of amides is 1. The van der Waals surface area contributed by atoms with Crippen LogP contribution in [0.5, 0.6) is 0 Å². The van der Waals surface area contributed by atoms with E-state index in [4.69, 9.17) is 0 Å². The van der Waals surface area contributed by atoms with Crippen LogP contribution in [0.3, 0.4) is 0 Å². The minimum absolute atomic E-state index is 0.0550. The lowest BCUT2D eigenvalue weighted by Gasteiger charge is -2.33. The van der Waals surface area contributed by atoms with Crippen LogP contribution in [0, 0.1) is 38.0 Å². The molecule has 2 aromatic heterocycles. The van der Waals surface area contributed by atoms with Gasteiger partial charge in [0.15, 0.2) is 0 Å². The Labute approximate surface area is 179 Å². The van der Waals surface area contributed by atoms with Crippen molar-refractivity contribution in [1.82, 2.24) is 30.9 Å². The zero-order valence-electron chi connectivity index (χ0n) is 17.6. The predicted molar refractivity (Wildman–Crippen MR) is 108 cm³/mol. The Morgan fingerprint density at radius 1 is 1.29 bits per heavy atom. The summed E-state index contributed by atoms with van der Waals surface area (Å²) in [6.07, 6.45) is 5.18. The summed E-state index contributed by atoms with van der Waals surface area (Å²) in [6, 6.07) is 2.13. The fourth-order valence-electron chi connectivity index (χ4n) is 4.72. The molecule has 31 heavy (non-hydrogen) atoms. The van der Waals surface area contributed by atoms with E-state index in [-0.39, 0.29) is 30.0 Å². The molecule has 0 spiro atoms. The van der Waals surface area contributed by atoms with Crippen LogP contribution in [-0.2, 0) is 0 Å². The molecule has 1 aliphatic heterocycles. The van der Waals surface area contributed by atoms with Crippen LogP contribution >= 0.6 is 0 Å². The molecular formula is C21H25F2N7O. The molecule has 8 nitrogen and oxygen atoms in total. The summed E-state index contributed by atoms with van der Waals surface area (Å²) in [5.41, 5.74) is 10.0. The monoisotopic (exact) mass is 429 g/mol. The number of nitrogens with one attached hydrogen (secondary N) is 3. The zero-order valence-corrected chi connectivity index (χ0v) is 17.6. The van der Waals surface area contributed by atoms with E-state index in [1.807, 2.05) is 6.92 Å². The van der Waals surface area contributed by atoms with Gasteiger partial charge in [0, 0.05) is 23.8 Å². The molecule has 0 aromatic carbocycles.